The molecule has 1 atom stereocenters. The fourth-order valence-electron chi connectivity index (χ4n) is 3.24. The first-order chi connectivity index (χ1) is 13.3. The van der Waals surface area contributed by atoms with Crippen LogP contribution in [0.2, 0.25) is 10.0 Å². The third-order valence-electron chi connectivity index (χ3n) is 4.50. The number of carbonyl (C=O) groups excluding carboxylic acids is 1. The maximum Gasteiger partial charge on any atom is 0.255 e. The topological polar surface area (TPSA) is 29.5 Å². The number of amides is 1. The molecular formula is C23H27Cl2NO2. The Labute approximate surface area is 177 Å². The van der Waals surface area contributed by atoms with Crippen LogP contribution in [0.25, 0.3) is 0 Å². The van der Waals surface area contributed by atoms with E-state index >= 15 is 0 Å². The molecule has 0 radical (unpaired) electrons. The molecule has 0 fully saturated rings. The van der Waals surface area contributed by atoms with Crippen LogP contribution in [0.15, 0.2) is 49.1 Å². The van der Waals surface area contributed by atoms with E-state index in [1.54, 1.807) is 11.0 Å². The summed E-state index contributed by atoms with van der Waals surface area (Å²) in [6, 6.07) is 11.3. The summed E-state index contributed by atoms with van der Waals surface area (Å²) in [6.45, 7) is 10.5. The second kappa shape index (κ2) is 10.7. The lowest BCUT2D eigenvalue weighted by atomic mass is 10.00. The molecule has 1 amide bonds. The number of ether oxygens (including phenoxy) is 1. The Kier molecular flexibility index (Phi) is 8.56. The predicted octanol–water partition coefficient (Wildman–Crippen LogP) is 6.23. The van der Waals surface area contributed by atoms with E-state index in [9.17, 15) is 4.79 Å². The largest absolute Gasteiger partial charge is 0.361 e. The first-order valence-corrected chi connectivity index (χ1v) is 10.1. The van der Waals surface area contributed by atoms with Gasteiger partial charge in [0.2, 0.25) is 0 Å². The normalized spacial score (nSPS) is 11.9. The minimum Gasteiger partial charge on any atom is -0.361 e. The number of halogens is 2. The van der Waals surface area contributed by atoms with Crippen molar-refractivity contribution in [2.75, 3.05) is 13.3 Å². The molecule has 0 saturated heterocycles. The van der Waals surface area contributed by atoms with Gasteiger partial charge >= 0.3 is 0 Å². The zero-order chi connectivity index (χ0) is 20.7. The van der Waals surface area contributed by atoms with Gasteiger partial charge < -0.3 is 9.64 Å². The highest BCUT2D eigenvalue weighted by atomic mass is 35.5. The summed E-state index contributed by atoms with van der Waals surface area (Å²) in [7, 11) is 0. The van der Waals surface area contributed by atoms with Gasteiger partial charge in [-0.2, -0.15) is 0 Å². The summed E-state index contributed by atoms with van der Waals surface area (Å²) in [5.74, 6) is -0.0489. The molecule has 0 aliphatic carbocycles. The molecular weight excluding hydrogens is 393 g/mol. The lowest BCUT2D eigenvalue weighted by molar-refractivity contribution is 0.0122. The van der Waals surface area contributed by atoms with E-state index in [2.05, 4.69) is 12.6 Å². The maximum absolute atomic E-state index is 13.3. The number of rotatable bonds is 9. The van der Waals surface area contributed by atoms with E-state index in [1.165, 1.54) is 0 Å². The van der Waals surface area contributed by atoms with Crippen LogP contribution in [0.3, 0.4) is 0 Å². The Morgan fingerprint density at radius 2 is 1.82 bits per heavy atom. The van der Waals surface area contributed by atoms with E-state index < -0.39 is 0 Å². The third-order valence-corrected chi connectivity index (χ3v) is 5.24. The van der Waals surface area contributed by atoms with Crippen molar-refractivity contribution in [3.8, 4) is 0 Å². The van der Waals surface area contributed by atoms with Crippen LogP contribution >= 0.6 is 23.2 Å². The van der Waals surface area contributed by atoms with Gasteiger partial charge in [-0.25, -0.2) is 0 Å². The Morgan fingerprint density at radius 3 is 2.39 bits per heavy atom. The molecule has 0 aliphatic rings. The molecule has 2 rings (SSSR count). The molecule has 0 aromatic heterocycles. The van der Waals surface area contributed by atoms with Gasteiger partial charge in [0.1, 0.15) is 6.73 Å². The molecule has 5 heteroatoms. The molecule has 0 N–H and O–H groups in total. The summed E-state index contributed by atoms with van der Waals surface area (Å²) in [6.07, 6.45) is 3.10. The van der Waals surface area contributed by atoms with Crippen molar-refractivity contribution in [2.24, 2.45) is 0 Å². The van der Waals surface area contributed by atoms with Crippen molar-refractivity contribution in [3.05, 3.63) is 81.4 Å². The Balaban J connectivity index is 2.35. The van der Waals surface area contributed by atoms with Crippen LogP contribution in [0.5, 0.6) is 0 Å². The van der Waals surface area contributed by atoms with Gasteiger partial charge in [0.15, 0.2) is 0 Å². The highest BCUT2D eigenvalue weighted by Gasteiger charge is 2.25. The van der Waals surface area contributed by atoms with E-state index in [0.29, 0.717) is 35.1 Å². The Hall–Kier alpha value is -1.81. The van der Waals surface area contributed by atoms with E-state index in [4.69, 9.17) is 27.9 Å². The van der Waals surface area contributed by atoms with E-state index in [0.717, 1.165) is 16.7 Å². The lowest BCUT2D eigenvalue weighted by Gasteiger charge is -2.31. The van der Waals surface area contributed by atoms with Gasteiger partial charge in [0.25, 0.3) is 5.91 Å². The number of carbonyl (C=O) groups is 1. The highest BCUT2D eigenvalue weighted by Crippen LogP contribution is 2.25. The number of hydrogen-bond acceptors (Lipinski definition) is 2. The van der Waals surface area contributed by atoms with Crippen molar-refractivity contribution < 1.29 is 9.53 Å². The van der Waals surface area contributed by atoms with Crippen LogP contribution in [0.4, 0.5) is 0 Å². The highest BCUT2D eigenvalue weighted by molar-refractivity contribution is 6.42. The first-order valence-electron chi connectivity index (χ1n) is 9.37. The minimum atomic E-state index is -0.102. The molecule has 0 heterocycles. The van der Waals surface area contributed by atoms with E-state index in [1.807, 2.05) is 51.1 Å². The van der Waals surface area contributed by atoms with Crippen molar-refractivity contribution in [3.63, 3.8) is 0 Å². The number of hydrogen-bond donors (Lipinski definition) is 0. The molecule has 28 heavy (non-hydrogen) atoms. The summed E-state index contributed by atoms with van der Waals surface area (Å²) in [5.41, 5.74) is 3.80. The molecule has 0 aliphatic heterocycles. The molecule has 2 aromatic rings. The average Bonchev–Trinajstić information content (AvgIpc) is 2.64. The van der Waals surface area contributed by atoms with Gasteiger partial charge in [-0.3, -0.25) is 4.79 Å². The fraction of sp³-hybridized carbons (Fsp3) is 0.348. The van der Waals surface area contributed by atoms with Crippen LogP contribution in [0, 0.1) is 13.8 Å². The van der Waals surface area contributed by atoms with Crippen LogP contribution in [-0.2, 0) is 11.2 Å². The van der Waals surface area contributed by atoms with Crippen molar-refractivity contribution >= 4 is 29.1 Å². The quantitative estimate of drug-likeness (QED) is 0.355. The van der Waals surface area contributed by atoms with Gasteiger partial charge in [0.05, 0.1) is 10.0 Å². The van der Waals surface area contributed by atoms with Crippen LogP contribution in [0.1, 0.15) is 40.4 Å². The molecule has 150 valence electrons. The maximum atomic E-state index is 13.3. The first kappa shape index (κ1) is 22.5. The summed E-state index contributed by atoms with van der Waals surface area (Å²) < 4.78 is 5.63. The monoisotopic (exact) mass is 419 g/mol. The lowest BCUT2D eigenvalue weighted by Crippen LogP contribution is -2.43. The molecule has 1 unspecified atom stereocenters. The van der Waals surface area contributed by atoms with Gasteiger partial charge in [-0.15, -0.1) is 6.58 Å². The van der Waals surface area contributed by atoms with Gasteiger partial charge in [-0.05, 0) is 63.4 Å². The molecule has 0 spiro atoms. The fourth-order valence-corrected chi connectivity index (χ4v) is 3.56. The number of benzene rings is 2. The van der Waals surface area contributed by atoms with Crippen molar-refractivity contribution in [1.82, 2.24) is 4.90 Å². The second-order valence-corrected chi connectivity index (χ2v) is 7.72. The Bertz CT molecular complexity index is 815. The van der Waals surface area contributed by atoms with E-state index in [-0.39, 0.29) is 18.7 Å². The minimum absolute atomic E-state index is 0.0489. The molecule has 3 nitrogen and oxygen atoms in total. The molecule has 0 bridgehead atoms. The molecule has 0 saturated carbocycles. The summed E-state index contributed by atoms with van der Waals surface area (Å²) in [4.78, 5) is 15.1. The zero-order valence-corrected chi connectivity index (χ0v) is 18.2. The van der Waals surface area contributed by atoms with Gasteiger partial charge in [-0.1, -0.05) is 52.5 Å². The number of aryl methyl sites for hydroxylation is 2. The van der Waals surface area contributed by atoms with Gasteiger partial charge in [0, 0.05) is 18.2 Å². The SMILES string of the molecule is C=CCC(Cc1ccc(Cl)c(Cl)c1)N(COCC)C(=O)c1cc(C)cc(C)c1. The van der Waals surface area contributed by atoms with Crippen molar-refractivity contribution in [1.29, 1.82) is 0 Å². The summed E-state index contributed by atoms with van der Waals surface area (Å²) in [5, 5.41) is 1.02. The zero-order valence-electron chi connectivity index (χ0n) is 16.7. The molecule has 2 aromatic carbocycles. The average molecular weight is 420 g/mol. The van der Waals surface area contributed by atoms with Crippen molar-refractivity contribution in [2.45, 2.75) is 39.7 Å². The summed E-state index contributed by atoms with van der Waals surface area (Å²) >= 11 is 12.2. The second-order valence-electron chi connectivity index (χ2n) is 6.90. The predicted molar refractivity (Wildman–Crippen MR) is 117 cm³/mol. The van der Waals surface area contributed by atoms with Crippen LogP contribution < -0.4 is 0 Å². The number of nitrogens with zero attached hydrogens (tertiary/aromatic N) is 1. The smallest absolute Gasteiger partial charge is 0.255 e. The van der Waals surface area contributed by atoms with Crippen LogP contribution in [-0.4, -0.2) is 30.2 Å². The third kappa shape index (κ3) is 6.10. The Morgan fingerprint density at radius 1 is 1.14 bits per heavy atom. The standard InChI is InChI=1S/C23H27Cl2NO2/c1-5-7-20(13-18-8-9-21(24)22(25)14-18)26(15-28-6-2)23(27)19-11-16(3)10-17(4)12-19/h5,8-12,14,20H,1,6-7,13,15H2,2-4H3.